The zero-order valence-electron chi connectivity index (χ0n) is 16.8. The second-order valence-corrected chi connectivity index (χ2v) is 8.41. The van der Waals surface area contributed by atoms with Gasteiger partial charge in [-0.3, -0.25) is 9.59 Å². The summed E-state index contributed by atoms with van der Waals surface area (Å²) in [6.45, 7) is 2.10. The van der Waals surface area contributed by atoms with Gasteiger partial charge in [0.25, 0.3) is 5.91 Å². The Hall–Kier alpha value is -2.16. The van der Waals surface area contributed by atoms with E-state index >= 15 is 0 Å². The van der Waals surface area contributed by atoms with Crippen LogP contribution in [0.4, 0.5) is 5.82 Å². The van der Waals surface area contributed by atoms with Crippen molar-refractivity contribution in [2.24, 2.45) is 5.92 Å². The van der Waals surface area contributed by atoms with Crippen LogP contribution in [0.1, 0.15) is 44.1 Å². The van der Waals surface area contributed by atoms with Gasteiger partial charge in [-0.15, -0.1) is 0 Å². The molecule has 1 aromatic rings. The number of nitrogens with one attached hydrogen (secondary N) is 2. The number of rotatable bonds is 7. The molecule has 2 N–H and O–H groups in total. The molecule has 1 aromatic heterocycles. The molecule has 1 saturated carbocycles. The number of aromatic nitrogens is 1. The van der Waals surface area contributed by atoms with Crippen molar-refractivity contribution in [1.82, 2.24) is 15.4 Å². The predicted molar refractivity (Wildman–Crippen MR) is 112 cm³/mol. The van der Waals surface area contributed by atoms with E-state index in [1.807, 2.05) is 4.90 Å². The summed E-state index contributed by atoms with van der Waals surface area (Å²) in [5.74, 6) is 0.723. The van der Waals surface area contributed by atoms with Crippen molar-refractivity contribution in [3.05, 3.63) is 28.9 Å². The van der Waals surface area contributed by atoms with Gasteiger partial charge in [-0.1, -0.05) is 11.6 Å². The third-order valence-electron chi connectivity index (χ3n) is 5.49. The number of amides is 2. The molecule has 3 heterocycles. The summed E-state index contributed by atoms with van der Waals surface area (Å²) in [4.78, 5) is 35.6. The Morgan fingerprint density at radius 3 is 2.87 bits per heavy atom. The molecule has 0 bridgehead atoms. The van der Waals surface area contributed by atoms with Gasteiger partial charge in [-0.2, -0.15) is 0 Å². The summed E-state index contributed by atoms with van der Waals surface area (Å²) < 4.78 is 5.39. The van der Waals surface area contributed by atoms with Crippen LogP contribution in [0.2, 0.25) is 5.02 Å². The number of pyridine rings is 1. The fraction of sp³-hybridized carbons (Fsp3) is 0.571. The van der Waals surface area contributed by atoms with E-state index in [4.69, 9.17) is 21.2 Å². The molecule has 2 amide bonds. The van der Waals surface area contributed by atoms with Crippen molar-refractivity contribution >= 4 is 35.3 Å². The molecular formula is C21H27ClN4O4. The van der Waals surface area contributed by atoms with Gasteiger partial charge in [0.1, 0.15) is 5.82 Å². The maximum Gasteiger partial charge on any atom is 0.267 e. The van der Waals surface area contributed by atoms with Crippen molar-refractivity contribution in [3.8, 4) is 0 Å². The van der Waals surface area contributed by atoms with Gasteiger partial charge in [0.2, 0.25) is 5.91 Å². The van der Waals surface area contributed by atoms with Crippen molar-refractivity contribution < 1.29 is 19.2 Å². The van der Waals surface area contributed by atoms with Crippen LogP contribution >= 0.6 is 11.6 Å². The normalized spacial score (nSPS) is 24.2. The Bertz CT molecular complexity index is 808. The van der Waals surface area contributed by atoms with Crippen molar-refractivity contribution in [2.45, 2.75) is 50.9 Å². The third kappa shape index (κ3) is 5.71. The lowest BCUT2D eigenvalue weighted by Gasteiger charge is -2.21. The number of hydrogen-bond donors (Lipinski definition) is 2. The van der Waals surface area contributed by atoms with Gasteiger partial charge in [0.05, 0.1) is 5.02 Å². The lowest BCUT2D eigenvalue weighted by Crippen LogP contribution is -2.32. The van der Waals surface area contributed by atoms with E-state index in [1.54, 1.807) is 18.3 Å². The van der Waals surface area contributed by atoms with Crippen LogP contribution in [0.3, 0.4) is 0 Å². The average Bonchev–Trinajstić information content (AvgIpc) is 3.51. The van der Waals surface area contributed by atoms with Crippen LogP contribution in [-0.4, -0.2) is 53.7 Å². The minimum absolute atomic E-state index is 0.143. The largest absolute Gasteiger partial charge is 0.364 e. The zero-order valence-corrected chi connectivity index (χ0v) is 17.6. The number of anilines is 1. The molecule has 4 rings (SSSR count). The SMILES string of the molecule is O=C(C=Cc1cnc(N[C@@H]2CCN(C(=O)C3CC3)C2)c(Cl)c1)NOC1CCCCO1. The van der Waals surface area contributed by atoms with Gasteiger partial charge >= 0.3 is 0 Å². The van der Waals surface area contributed by atoms with E-state index in [0.29, 0.717) is 29.6 Å². The highest BCUT2D eigenvalue weighted by molar-refractivity contribution is 6.33. The topological polar surface area (TPSA) is 92.8 Å². The molecule has 2 aliphatic heterocycles. The van der Waals surface area contributed by atoms with Crippen LogP contribution in [0.5, 0.6) is 0 Å². The molecule has 1 aliphatic carbocycles. The number of hydrogen-bond acceptors (Lipinski definition) is 6. The molecule has 162 valence electrons. The van der Waals surface area contributed by atoms with Crippen LogP contribution in [-0.2, 0) is 19.2 Å². The van der Waals surface area contributed by atoms with Crippen molar-refractivity contribution in [3.63, 3.8) is 0 Å². The molecule has 9 heteroatoms. The van der Waals surface area contributed by atoms with E-state index in [9.17, 15) is 9.59 Å². The zero-order chi connectivity index (χ0) is 20.9. The minimum Gasteiger partial charge on any atom is -0.364 e. The predicted octanol–water partition coefficient (Wildman–Crippen LogP) is 2.75. The van der Waals surface area contributed by atoms with Crippen LogP contribution in [0, 0.1) is 5.92 Å². The average molecular weight is 435 g/mol. The van der Waals surface area contributed by atoms with Gasteiger partial charge in [-0.05, 0) is 49.8 Å². The second-order valence-electron chi connectivity index (χ2n) is 8.00. The number of carbonyl (C=O) groups is 2. The molecule has 1 unspecified atom stereocenters. The molecule has 8 nitrogen and oxygen atoms in total. The quantitative estimate of drug-likeness (QED) is 0.506. The molecule has 2 saturated heterocycles. The maximum absolute atomic E-state index is 12.2. The van der Waals surface area contributed by atoms with E-state index in [0.717, 1.165) is 45.1 Å². The molecule has 2 atom stereocenters. The Kier molecular flexibility index (Phi) is 6.86. The number of nitrogens with zero attached hydrogens (tertiary/aromatic N) is 2. The fourth-order valence-electron chi connectivity index (χ4n) is 3.64. The number of hydroxylamine groups is 1. The molecule has 0 radical (unpaired) electrons. The minimum atomic E-state index is -0.386. The van der Waals surface area contributed by atoms with Gasteiger partial charge < -0.3 is 15.0 Å². The Labute approximate surface area is 180 Å². The van der Waals surface area contributed by atoms with Crippen molar-refractivity contribution in [2.75, 3.05) is 25.0 Å². The van der Waals surface area contributed by atoms with E-state index < -0.39 is 0 Å². The van der Waals surface area contributed by atoms with Crippen molar-refractivity contribution in [1.29, 1.82) is 0 Å². The van der Waals surface area contributed by atoms with Crippen LogP contribution in [0.25, 0.3) is 6.08 Å². The first-order valence-electron chi connectivity index (χ1n) is 10.5. The molecule has 3 fully saturated rings. The van der Waals surface area contributed by atoms with E-state index in [-0.39, 0.29) is 30.1 Å². The fourth-order valence-corrected chi connectivity index (χ4v) is 3.87. The van der Waals surface area contributed by atoms with Crippen LogP contribution < -0.4 is 10.8 Å². The third-order valence-corrected chi connectivity index (χ3v) is 5.77. The highest BCUT2D eigenvalue weighted by Crippen LogP contribution is 2.32. The first-order chi connectivity index (χ1) is 14.6. The summed E-state index contributed by atoms with van der Waals surface area (Å²) in [6, 6.07) is 1.89. The standard InChI is InChI=1S/C21H27ClN4O4/c22-17-11-14(4-7-18(27)25-30-19-3-1-2-10-29-19)12-23-20(17)24-16-8-9-26(13-16)21(28)15-5-6-15/h4,7,11-12,15-16,19H,1-3,5-6,8-10,13H2,(H,23,24)(H,25,27)/t16-,19?/m1/s1. The smallest absolute Gasteiger partial charge is 0.267 e. The van der Waals surface area contributed by atoms with Crippen LogP contribution in [0.15, 0.2) is 18.3 Å². The summed E-state index contributed by atoms with van der Waals surface area (Å²) in [5, 5.41) is 3.80. The summed E-state index contributed by atoms with van der Waals surface area (Å²) in [7, 11) is 0. The number of halogens is 1. The molecule has 0 aromatic carbocycles. The highest BCUT2D eigenvalue weighted by atomic mass is 35.5. The summed E-state index contributed by atoms with van der Waals surface area (Å²) >= 11 is 6.36. The van der Waals surface area contributed by atoms with Gasteiger partial charge in [-0.25, -0.2) is 15.3 Å². The number of ether oxygens (including phenoxy) is 1. The summed E-state index contributed by atoms with van der Waals surface area (Å²) in [5.41, 5.74) is 3.07. The highest BCUT2D eigenvalue weighted by Gasteiger charge is 2.36. The lowest BCUT2D eigenvalue weighted by molar-refractivity contribution is -0.198. The lowest BCUT2D eigenvalue weighted by atomic mass is 10.2. The monoisotopic (exact) mass is 434 g/mol. The first kappa shape index (κ1) is 21.1. The second kappa shape index (κ2) is 9.76. The van der Waals surface area contributed by atoms with Gasteiger partial charge in [0.15, 0.2) is 6.29 Å². The molecule has 30 heavy (non-hydrogen) atoms. The Morgan fingerprint density at radius 2 is 2.13 bits per heavy atom. The van der Waals surface area contributed by atoms with E-state index in [1.165, 1.54) is 6.08 Å². The van der Waals surface area contributed by atoms with Gasteiger partial charge in [0, 0.05) is 50.3 Å². The molecular weight excluding hydrogens is 408 g/mol. The summed E-state index contributed by atoms with van der Waals surface area (Å²) in [6.07, 6.45) is 9.97. The number of likely N-dealkylation sites (tertiary alicyclic amines) is 1. The number of carbonyl (C=O) groups excluding carboxylic acids is 2. The Morgan fingerprint density at radius 1 is 1.27 bits per heavy atom. The molecule has 0 spiro atoms. The van der Waals surface area contributed by atoms with E-state index in [2.05, 4.69) is 15.8 Å². The molecule has 3 aliphatic rings. The maximum atomic E-state index is 12.2. The Balaban J connectivity index is 1.25. The first-order valence-corrected chi connectivity index (χ1v) is 10.9.